The fraction of sp³-hybridized carbons (Fsp3) is 0.385. The van der Waals surface area contributed by atoms with Crippen molar-refractivity contribution in [1.82, 2.24) is 15.0 Å². The molecule has 0 amide bonds. The summed E-state index contributed by atoms with van der Waals surface area (Å²) in [5.41, 5.74) is 4.91. The molecule has 17 heavy (non-hydrogen) atoms. The molecule has 0 spiro atoms. The van der Waals surface area contributed by atoms with Crippen molar-refractivity contribution in [3.63, 3.8) is 0 Å². The van der Waals surface area contributed by atoms with Crippen LogP contribution in [-0.4, -0.2) is 21.0 Å². The average molecular weight is 228 g/mol. The molecule has 2 heterocycles. The second-order valence-electron chi connectivity index (χ2n) is 4.70. The lowest BCUT2D eigenvalue weighted by atomic mass is 9.96. The molecule has 2 aromatic rings. The highest BCUT2D eigenvalue weighted by Crippen LogP contribution is 2.29. The van der Waals surface area contributed by atoms with Crippen LogP contribution in [0.25, 0.3) is 11.3 Å². The van der Waals surface area contributed by atoms with Crippen LogP contribution >= 0.6 is 0 Å². The van der Waals surface area contributed by atoms with Gasteiger partial charge in [-0.05, 0) is 37.5 Å². The Hall–Kier alpha value is -1.84. The zero-order valence-electron chi connectivity index (χ0n) is 10.1. The van der Waals surface area contributed by atoms with E-state index in [9.17, 15) is 0 Å². The van der Waals surface area contributed by atoms with E-state index in [1.54, 1.807) is 10.9 Å². The average Bonchev–Trinajstić information content (AvgIpc) is 2.75. The minimum atomic E-state index is 0.576. The van der Waals surface area contributed by atoms with E-state index in [2.05, 4.69) is 40.8 Å². The maximum atomic E-state index is 3.97. The molecule has 1 aliphatic heterocycles. The van der Waals surface area contributed by atoms with Crippen molar-refractivity contribution < 1.29 is 0 Å². The summed E-state index contributed by atoms with van der Waals surface area (Å²) in [5, 5.41) is 11.4. The van der Waals surface area contributed by atoms with Gasteiger partial charge in [-0.25, -0.2) is 4.68 Å². The van der Waals surface area contributed by atoms with E-state index in [0.717, 1.165) is 12.1 Å². The van der Waals surface area contributed by atoms with Crippen LogP contribution in [0, 0.1) is 0 Å². The number of hydrogen-bond donors (Lipinski definition) is 1. The van der Waals surface area contributed by atoms with E-state index >= 15 is 0 Å². The van der Waals surface area contributed by atoms with E-state index in [4.69, 9.17) is 0 Å². The highest BCUT2D eigenvalue weighted by molar-refractivity contribution is 5.66. The predicted molar refractivity (Wildman–Crippen MR) is 67.8 cm³/mol. The number of fused-ring (bicyclic) bond motifs is 1. The Morgan fingerprint density at radius 1 is 1.41 bits per heavy atom. The fourth-order valence-corrected chi connectivity index (χ4v) is 2.36. The van der Waals surface area contributed by atoms with E-state index in [-0.39, 0.29) is 0 Å². The second kappa shape index (κ2) is 3.87. The third kappa shape index (κ3) is 1.79. The van der Waals surface area contributed by atoms with E-state index in [1.807, 2.05) is 7.05 Å². The summed E-state index contributed by atoms with van der Waals surface area (Å²) in [5.74, 6) is 0. The lowest BCUT2D eigenvalue weighted by molar-refractivity contribution is 0.681. The smallest absolute Gasteiger partial charge is 0.0882 e. The molecular weight excluding hydrogens is 212 g/mol. The molecule has 1 aromatic heterocycles. The van der Waals surface area contributed by atoms with Crippen molar-refractivity contribution in [3.8, 4) is 11.3 Å². The van der Waals surface area contributed by atoms with Crippen LogP contribution in [0.15, 0.2) is 24.4 Å². The number of nitrogens with zero attached hydrogens (tertiary/aromatic N) is 3. The molecule has 0 aliphatic carbocycles. The zero-order chi connectivity index (χ0) is 11.8. The molecule has 4 nitrogen and oxygen atoms in total. The summed E-state index contributed by atoms with van der Waals surface area (Å²) in [4.78, 5) is 0. The van der Waals surface area contributed by atoms with Gasteiger partial charge < -0.3 is 5.32 Å². The predicted octanol–water partition coefficient (Wildman–Crippen LogP) is 2.23. The maximum absolute atomic E-state index is 3.97. The van der Waals surface area contributed by atoms with Gasteiger partial charge >= 0.3 is 0 Å². The Labute approximate surface area is 101 Å². The molecule has 88 valence electrons. The van der Waals surface area contributed by atoms with Crippen molar-refractivity contribution in [2.45, 2.75) is 25.8 Å². The maximum Gasteiger partial charge on any atom is 0.0882 e. The Bertz CT molecular complexity index is 544. The molecule has 0 bridgehead atoms. The summed E-state index contributed by atoms with van der Waals surface area (Å²) >= 11 is 0. The van der Waals surface area contributed by atoms with Crippen molar-refractivity contribution in [1.29, 1.82) is 0 Å². The van der Waals surface area contributed by atoms with Gasteiger partial charge in [-0.3, -0.25) is 0 Å². The largest absolute Gasteiger partial charge is 0.382 e. The minimum absolute atomic E-state index is 0.576. The highest BCUT2D eigenvalue weighted by atomic mass is 15.4. The summed E-state index contributed by atoms with van der Waals surface area (Å²) in [6, 6.07) is 7.11. The van der Waals surface area contributed by atoms with Crippen LogP contribution in [0.2, 0.25) is 0 Å². The number of aromatic nitrogens is 3. The lowest BCUT2D eigenvalue weighted by Crippen LogP contribution is -2.21. The molecule has 4 heteroatoms. The van der Waals surface area contributed by atoms with Crippen LogP contribution < -0.4 is 5.32 Å². The molecule has 1 aliphatic rings. The first kappa shape index (κ1) is 10.3. The van der Waals surface area contributed by atoms with Crippen molar-refractivity contribution in [2.75, 3.05) is 5.32 Å². The van der Waals surface area contributed by atoms with Crippen LogP contribution in [0.5, 0.6) is 0 Å². The molecule has 0 saturated carbocycles. The van der Waals surface area contributed by atoms with Gasteiger partial charge in [-0.15, -0.1) is 5.10 Å². The summed E-state index contributed by atoms with van der Waals surface area (Å²) < 4.78 is 1.81. The molecule has 0 fully saturated rings. The van der Waals surface area contributed by atoms with Gasteiger partial charge in [-0.1, -0.05) is 11.3 Å². The number of rotatable bonds is 1. The number of nitrogens with one attached hydrogen (secondary N) is 1. The lowest BCUT2D eigenvalue weighted by Gasteiger charge is -2.24. The van der Waals surface area contributed by atoms with Gasteiger partial charge in [0.1, 0.15) is 0 Å². The van der Waals surface area contributed by atoms with Gasteiger partial charge in [-0.2, -0.15) is 0 Å². The van der Waals surface area contributed by atoms with Crippen LogP contribution in [0.1, 0.15) is 18.9 Å². The molecular formula is C13H16N4. The monoisotopic (exact) mass is 228 g/mol. The number of benzene rings is 1. The Morgan fingerprint density at radius 2 is 2.29 bits per heavy atom. The topological polar surface area (TPSA) is 42.7 Å². The molecule has 0 radical (unpaired) electrons. The van der Waals surface area contributed by atoms with Crippen molar-refractivity contribution in [3.05, 3.63) is 30.0 Å². The van der Waals surface area contributed by atoms with Crippen molar-refractivity contribution >= 4 is 5.69 Å². The van der Waals surface area contributed by atoms with Gasteiger partial charge in [0.15, 0.2) is 0 Å². The van der Waals surface area contributed by atoms with Gasteiger partial charge in [0, 0.05) is 24.3 Å². The van der Waals surface area contributed by atoms with Gasteiger partial charge in [0.25, 0.3) is 0 Å². The first-order valence-corrected chi connectivity index (χ1v) is 5.98. The van der Waals surface area contributed by atoms with Crippen LogP contribution in [0.4, 0.5) is 5.69 Å². The molecule has 1 unspecified atom stereocenters. The van der Waals surface area contributed by atoms with E-state index in [1.165, 1.54) is 23.2 Å². The number of aryl methyl sites for hydroxylation is 2. The minimum Gasteiger partial charge on any atom is -0.382 e. The first-order chi connectivity index (χ1) is 8.24. The molecule has 1 aromatic carbocycles. The van der Waals surface area contributed by atoms with E-state index < -0.39 is 0 Å². The Balaban J connectivity index is 2.02. The molecule has 0 saturated heterocycles. The quantitative estimate of drug-likeness (QED) is 0.814. The molecule has 3 rings (SSSR count). The van der Waals surface area contributed by atoms with Crippen LogP contribution in [0.3, 0.4) is 0 Å². The van der Waals surface area contributed by atoms with E-state index in [0.29, 0.717) is 6.04 Å². The Kier molecular flexibility index (Phi) is 2.35. The zero-order valence-corrected chi connectivity index (χ0v) is 10.1. The number of hydrogen-bond acceptors (Lipinski definition) is 3. The van der Waals surface area contributed by atoms with Gasteiger partial charge in [0.05, 0.1) is 11.9 Å². The highest BCUT2D eigenvalue weighted by Gasteiger charge is 2.15. The van der Waals surface area contributed by atoms with Crippen LogP contribution in [-0.2, 0) is 13.5 Å². The third-order valence-electron chi connectivity index (χ3n) is 3.36. The molecule has 1 N–H and O–H groups in total. The SMILES string of the molecule is CC1CCc2cc(-c3cnnn3C)ccc2N1. The third-order valence-corrected chi connectivity index (χ3v) is 3.36. The summed E-state index contributed by atoms with van der Waals surface area (Å²) in [6.07, 6.45) is 4.14. The normalized spacial score (nSPS) is 18.6. The second-order valence-corrected chi connectivity index (χ2v) is 4.70. The standard InChI is InChI=1S/C13H16N4/c1-9-3-4-10-7-11(5-6-12(10)15-9)13-8-14-16-17(13)2/h5-9,15H,3-4H2,1-2H3. The number of anilines is 1. The Morgan fingerprint density at radius 3 is 3.06 bits per heavy atom. The van der Waals surface area contributed by atoms with Gasteiger partial charge in [0.2, 0.25) is 0 Å². The summed E-state index contributed by atoms with van der Waals surface area (Å²) in [7, 11) is 1.92. The fourth-order valence-electron chi connectivity index (χ4n) is 2.36. The summed E-state index contributed by atoms with van der Waals surface area (Å²) in [6.45, 7) is 2.22. The first-order valence-electron chi connectivity index (χ1n) is 5.98. The molecule has 1 atom stereocenters. The van der Waals surface area contributed by atoms with Crippen molar-refractivity contribution in [2.24, 2.45) is 7.05 Å².